The molecule has 0 aliphatic rings. The summed E-state index contributed by atoms with van der Waals surface area (Å²) in [5, 5.41) is 4.01. The van der Waals surface area contributed by atoms with Gasteiger partial charge in [-0.15, -0.1) is 0 Å². The molecule has 0 spiro atoms. The van der Waals surface area contributed by atoms with Crippen LogP contribution in [0.1, 0.15) is 27.0 Å². The van der Waals surface area contributed by atoms with Gasteiger partial charge in [0, 0.05) is 5.56 Å². The molecule has 0 aliphatic carbocycles. The molecule has 0 heterocycles. The van der Waals surface area contributed by atoms with E-state index in [9.17, 15) is 4.79 Å². The standard InChI is InChI=1S/C22H20N2O2/c1-17-10-12-18(13-11-17)16-26-21-9-5-6-19(14-21)15-23-24-22(25)20-7-3-2-4-8-20/h2-15H,16H2,1H3,(H,24,25)/b23-15-. The smallest absolute Gasteiger partial charge is 0.271 e. The Bertz CT molecular complexity index is 888. The second kappa shape index (κ2) is 8.62. The number of nitrogens with one attached hydrogen (secondary N) is 1. The van der Waals surface area contributed by atoms with Crippen LogP contribution in [0.25, 0.3) is 0 Å². The van der Waals surface area contributed by atoms with Crippen LogP contribution < -0.4 is 10.2 Å². The molecule has 0 saturated carbocycles. The number of hydrogen-bond acceptors (Lipinski definition) is 3. The van der Waals surface area contributed by atoms with Gasteiger partial charge >= 0.3 is 0 Å². The van der Waals surface area contributed by atoms with Crippen LogP contribution in [0.15, 0.2) is 84.0 Å². The minimum Gasteiger partial charge on any atom is -0.489 e. The Kier molecular flexibility index (Phi) is 5.78. The fourth-order valence-corrected chi connectivity index (χ4v) is 2.36. The average Bonchev–Trinajstić information content (AvgIpc) is 2.68. The maximum absolute atomic E-state index is 11.9. The van der Waals surface area contributed by atoms with Gasteiger partial charge in [0.1, 0.15) is 12.4 Å². The van der Waals surface area contributed by atoms with Crippen LogP contribution in [-0.4, -0.2) is 12.1 Å². The minimum absolute atomic E-state index is 0.242. The molecule has 3 rings (SSSR count). The molecule has 4 nitrogen and oxygen atoms in total. The molecule has 0 aliphatic heterocycles. The highest BCUT2D eigenvalue weighted by atomic mass is 16.5. The van der Waals surface area contributed by atoms with Crippen LogP contribution in [-0.2, 0) is 6.61 Å². The van der Waals surface area contributed by atoms with Gasteiger partial charge in [0.25, 0.3) is 5.91 Å². The Balaban J connectivity index is 1.56. The lowest BCUT2D eigenvalue weighted by Gasteiger charge is -2.07. The Morgan fingerprint density at radius 3 is 2.54 bits per heavy atom. The van der Waals surface area contributed by atoms with Gasteiger partial charge < -0.3 is 4.74 Å². The zero-order valence-corrected chi connectivity index (χ0v) is 14.6. The molecule has 0 bridgehead atoms. The van der Waals surface area contributed by atoms with Gasteiger partial charge in [-0.1, -0.05) is 60.2 Å². The zero-order valence-electron chi connectivity index (χ0n) is 14.6. The van der Waals surface area contributed by atoms with Crippen molar-refractivity contribution in [1.29, 1.82) is 0 Å². The third-order valence-corrected chi connectivity index (χ3v) is 3.80. The van der Waals surface area contributed by atoms with E-state index in [1.807, 2.05) is 42.5 Å². The number of carbonyl (C=O) groups excluding carboxylic acids is 1. The lowest BCUT2D eigenvalue weighted by atomic mass is 10.2. The third-order valence-electron chi connectivity index (χ3n) is 3.80. The van der Waals surface area contributed by atoms with Crippen molar-refractivity contribution >= 4 is 12.1 Å². The predicted octanol–water partition coefficient (Wildman–Crippen LogP) is 4.34. The first kappa shape index (κ1) is 17.4. The van der Waals surface area contributed by atoms with Crippen LogP contribution >= 0.6 is 0 Å². The maximum Gasteiger partial charge on any atom is 0.271 e. The number of ether oxygens (including phenoxy) is 1. The molecule has 0 aromatic heterocycles. The first-order chi connectivity index (χ1) is 12.7. The van der Waals surface area contributed by atoms with Crippen molar-refractivity contribution in [3.05, 3.63) is 101 Å². The van der Waals surface area contributed by atoms with Gasteiger partial charge in [0.2, 0.25) is 0 Å². The molecule has 1 amide bonds. The molecule has 0 saturated heterocycles. The Morgan fingerprint density at radius 1 is 1.00 bits per heavy atom. The molecular formula is C22H20N2O2. The quantitative estimate of drug-likeness (QED) is 0.534. The second-order valence-corrected chi connectivity index (χ2v) is 5.91. The lowest BCUT2D eigenvalue weighted by Crippen LogP contribution is -2.17. The summed E-state index contributed by atoms with van der Waals surface area (Å²) < 4.78 is 5.82. The fraction of sp³-hybridized carbons (Fsp3) is 0.0909. The molecule has 0 atom stereocenters. The Morgan fingerprint density at radius 2 is 1.77 bits per heavy atom. The Hall–Kier alpha value is -3.40. The van der Waals surface area contributed by atoms with E-state index in [0.29, 0.717) is 12.2 Å². The van der Waals surface area contributed by atoms with Crippen molar-refractivity contribution in [2.45, 2.75) is 13.5 Å². The molecule has 3 aromatic carbocycles. The predicted molar refractivity (Wildman–Crippen MR) is 103 cm³/mol. The molecule has 4 heteroatoms. The summed E-state index contributed by atoms with van der Waals surface area (Å²) in [5.74, 6) is 0.512. The molecule has 3 aromatic rings. The number of benzene rings is 3. The molecule has 0 radical (unpaired) electrons. The summed E-state index contributed by atoms with van der Waals surface area (Å²) in [5.41, 5.74) is 6.28. The number of carbonyl (C=O) groups is 1. The molecule has 1 N–H and O–H groups in total. The number of hydrogen-bond donors (Lipinski definition) is 1. The highest BCUT2D eigenvalue weighted by Crippen LogP contribution is 2.14. The van der Waals surface area contributed by atoms with Crippen LogP contribution in [0.3, 0.4) is 0 Å². The highest BCUT2D eigenvalue weighted by Gasteiger charge is 2.02. The summed E-state index contributed by atoms with van der Waals surface area (Å²) in [6.45, 7) is 2.57. The van der Waals surface area contributed by atoms with E-state index in [1.165, 1.54) is 5.56 Å². The topological polar surface area (TPSA) is 50.7 Å². The second-order valence-electron chi connectivity index (χ2n) is 5.91. The summed E-state index contributed by atoms with van der Waals surface area (Å²) in [7, 11) is 0. The third kappa shape index (κ3) is 5.05. The van der Waals surface area contributed by atoms with Gasteiger partial charge in [0.15, 0.2) is 0 Å². The SMILES string of the molecule is Cc1ccc(COc2cccc(/C=N\NC(=O)c3ccccc3)c2)cc1. The number of hydrazone groups is 1. The minimum atomic E-state index is -0.242. The number of rotatable bonds is 6. The average molecular weight is 344 g/mol. The fourth-order valence-electron chi connectivity index (χ4n) is 2.36. The van der Waals surface area contributed by atoms with E-state index in [2.05, 4.69) is 41.7 Å². The largest absolute Gasteiger partial charge is 0.489 e. The maximum atomic E-state index is 11.9. The molecule has 26 heavy (non-hydrogen) atoms. The van der Waals surface area contributed by atoms with Crippen molar-refractivity contribution in [1.82, 2.24) is 5.43 Å². The first-order valence-corrected chi connectivity index (χ1v) is 8.37. The number of amides is 1. The van der Waals surface area contributed by atoms with Crippen molar-refractivity contribution in [2.24, 2.45) is 5.10 Å². The highest BCUT2D eigenvalue weighted by molar-refractivity contribution is 5.94. The van der Waals surface area contributed by atoms with Crippen molar-refractivity contribution < 1.29 is 9.53 Å². The first-order valence-electron chi connectivity index (χ1n) is 8.37. The van der Waals surface area contributed by atoms with E-state index >= 15 is 0 Å². The van der Waals surface area contributed by atoms with Gasteiger partial charge in [-0.2, -0.15) is 5.10 Å². The summed E-state index contributed by atoms with van der Waals surface area (Å²) in [6.07, 6.45) is 1.60. The van der Waals surface area contributed by atoms with Crippen LogP contribution in [0.4, 0.5) is 0 Å². The summed E-state index contributed by atoms with van der Waals surface area (Å²) >= 11 is 0. The number of nitrogens with zero attached hydrogens (tertiary/aromatic N) is 1. The van der Waals surface area contributed by atoms with E-state index in [4.69, 9.17) is 4.74 Å². The van der Waals surface area contributed by atoms with E-state index < -0.39 is 0 Å². The van der Waals surface area contributed by atoms with Crippen LogP contribution in [0.2, 0.25) is 0 Å². The van der Waals surface area contributed by atoms with Crippen molar-refractivity contribution in [3.8, 4) is 5.75 Å². The lowest BCUT2D eigenvalue weighted by molar-refractivity contribution is 0.0955. The van der Waals surface area contributed by atoms with Gasteiger partial charge in [0.05, 0.1) is 6.21 Å². The molecule has 130 valence electrons. The van der Waals surface area contributed by atoms with Crippen LogP contribution in [0.5, 0.6) is 5.75 Å². The van der Waals surface area contributed by atoms with Crippen molar-refractivity contribution in [3.63, 3.8) is 0 Å². The van der Waals surface area contributed by atoms with Gasteiger partial charge in [-0.3, -0.25) is 4.79 Å². The summed E-state index contributed by atoms with van der Waals surface area (Å²) in [6, 6.07) is 24.8. The normalized spacial score (nSPS) is 10.7. The zero-order chi connectivity index (χ0) is 18.2. The van der Waals surface area contributed by atoms with E-state index in [-0.39, 0.29) is 5.91 Å². The Labute approximate surface area is 153 Å². The van der Waals surface area contributed by atoms with Crippen LogP contribution in [0, 0.1) is 6.92 Å². The van der Waals surface area contributed by atoms with E-state index in [0.717, 1.165) is 16.9 Å². The molecule has 0 fully saturated rings. The molecule has 0 unspecified atom stereocenters. The monoisotopic (exact) mass is 344 g/mol. The van der Waals surface area contributed by atoms with Gasteiger partial charge in [-0.25, -0.2) is 5.43 Å². The summed E-state index contributed by atoms with van der Waals surface area (Å²) in [4.78, 5) is 11.9. The molecular weight excluding hydrogens is 324 g/mol. The number of aryl methyl sites for hydroxylation is 1. The van der Waals surface area contributed by atoms with Crippen molar-refractivity contribution in [2.75, 3.05) is 0 Å². The van der Waals surface area contributed by atoms with E-state index in [1.54, 1.807) is 18.3 Å². The van der Waals surface area contributed by atoms with Gasteiger partial charge in [-0.05, 0) is 42.3 Å².